The number of rotatable bonds is 0. The molecular weight excluding hydrogens is 256 g/mol. The predicted octanol–water partition coefficient (Wildman–Crippen LogP) is -0.808. The molecule has 0 aromatic carbocycles. The first-order valence-corrected chi connectivity index (χ1v) is 5.81. The molecule has 0 amide bonds. The summed E-state index contributed by atoms with van der Waals surface area (Å²) in [5.74, 6) is 0. The molecule has 0 aliphatic rings. The van der Waals surface area contributed by atoms with E-state index in [0.717, 1.165) is 23.7 Å². The van der Waals surface area contributed by atoms with Gasteiger partial charge in [0.05, 0.1) is 0 Å². The molecule has 0 saturated carbocycles. The zero-order valence-electron chi connectivity index (χ0n) is 2.14. The predicted molar refractivity (Wildman–Crippen MR) is 26.3 cm³/mol. The topological polar surface area (TPSA) is 0 Å². The molecule has 0 aliphatic carbocycles. The van der Waals surface area contributed by atoms with E-state index in [2.05, 4.69) is 8.65 Å². The van der Waals surface area contributed by atoms with Crippen LogP contribution >= 0.6 is 8.65 Å². The Morgan fingerprint density at radius 2 is 1.25 bits per heavy atom. The molecule has 0 unspecified atom stereocenters. The van der Waals surface area contributed by atoms with Gasteiger partial charge in [-0.25, -0.2) is 0 Å². The summed E-state index contributed by atoms with van der Waals surface area (Å²) in [5, 5.41) is 0. The summed E-state index contributed by atoms with van der Waals surface area (Å²) in [6.45, 7) is 0. The van der Waals surface area contributed by atoms with Gasteiger partial charge in [0.15, 0.2) is 0 Å². The normalized spacial score (nSPS) is 1.50. The molecule has 0 fully saturated rings. The molecule has 0 saturated heterocycles. The van der Waals surface area contributed by atoms with E-state index >= 15 is 0 Å². The second kappa shape index (κ2) is 19.9. The molecule has 0 atom stereocenters. The Bertz CT molecular complexity index is 6.00. The summed E-state index contributed by atoms with van der Waals surface area (Å²) < 4.78 is 0. The Morgan fingerprint density at radius 3 is 1.25 bits per heavy atom. The molecule has 4 heteroatoms. The molecule has 0 aromatic heterocycles. The van der Waals surface area contributed by atoms with Crippen LogP contribution in [-0.4, -0.2) is 17.1 Å². The van der Waals surface area contributed by atoms with Crippen molar-refractivity contribution in [3.8, 4) is 0 Å². The Kier molecular flexibility index (Phi) is 83.0. The van der Waals surface area contributed by atoms with Crippen molar-refractivity contribution in [2.75, 3.05) is 0 Å². The first kappa shape index (κ1) is 16.6. The number of thiol groups is 1. The van der Waals surface area contributed by atoms with Crippen molar-refractivity contribution in [2.24, 2.45) is 0 Å². The molecule has 24 valence electrons. The summed E-state index contributed by atoms with van der Waals surface area (Å²) >= 11 is 0.733. The van der Waals surface area contributed by atoms with E-state index in [1.54, 1.807) is 0 Å². The molecule has 0 spiro atoms. The molecule has 0 nitrogen and oxygen atoms in total. The van der Waals surface area contributed by atoms with Crippen molar-refractivity contribution in [1.29, 1.82) is 0 Å². The average molecular weight is 260 g/mol. The summed E-state index contributed by atoms with van der Waals surface area (Å²) in [7, 11) is 4.25. The van der Waals surface area contributed by atoms with Crippen molar-refractivity contribution in [3.05, 3.63) is 0 Å². The fourth-order valence-electron chi connectivity index (χ4n) is 0. The van der Waals surface area contributed by atoms with Crippen LogP contribution in [-0.2, 0) is 37.2 Å². The molecule has 0 N–H and O–H groups in total. The zero-order valence-corrected chi connectivity index (χ0v) is 10.3. The Labute approximate surface area is 62.2 Å². The maximum absolute atomic E-state index is 4.25. The Hall–Kier alpha value is 2.01. The van der Waals surface area contributed by atoms with E-state index < -0.39 is 0 Å². The third-order valence-corrected chi connectivity index (χ3v) is 0. The van der Waals surface area contributed by atoms with Gasteiger partial charge in [0.1, 0.15) is 0 Å². The van der Waals surface area contributed by atoms with E-state index in [1.165, 1.54) is 0 Å². The van der Waals surface area contributed by atoms with Crippen molar-refractivity contribution in [2.45, 2.75) is 0 Å². The SMILES string of the molecule is [SH-].[S]=[Cd].[SeH3+]. The second-order valence-electron chi connectivity index (χ2n) is 0. The molecule has 0 bridgehead atoms. The van der Waals surface area contributed by atoms with Crippen LogP contribution in [0.15, 0.2) is 0 Å². The monoisotopic (exact) mass is 262 g/mol. The van der Waals surface area contributed by atoms with Crippen LogP contribution in [0.2, 0.25) is 0 Å². The summed E-state index contributed by atoms with van der Waals surface area (Å²) in [6.07, 6.45) is 0. The minimum atomic E-state index is 0. The first-order chi connectivity index (χ1) is 1.00. The second-order valence-corrected chi connectivity index (χ2v) is 0. The van der Waals surface area contributed by atoms with Crippen LogP contribution < -0.4 is 0 Å². The van der Waals surface area contributed by atoms with Crippen LogP contribution in [0.5, 0.6) is 0 Å². The quantitative estimate of drug-likeness (QED) is 0.317. The molecule has 4 heavy (non-hydrogen) atoms. The summed E-state index contributed by atoms with van der Waals surface area (Å²) in [5.41, 5.74) is 0. The van der Waals surface area contributed by atoms with E-state index in [0.29, 0.717) is 0 Å². The van der Waals surface area contributed by atoms with Crippen molar-refractivity contribution < 1.29 is 23.7 Å². The Morgan fingerprint density at radius 1 is 1.25 bits per heavy atom. The van der Waals surface area contributed by atoms with E-state index in [4.69, 9.17) is 0 Å². The van der Waals surface area contributed by atoms with Gasteiger partial charge in [-0.1, -0.05) is 0 Å². The fourth-order valence-corrected chi connectivity index (χ4v) is 0. The zero-order chi connectivity index (χ0) is 2.00. The third-order valence-electron chi connectivity index (χ3n) is 0. The van der Waals surface area contributed by atoms with E-state index in [-0.39, 0.29) is 30.6 Å². The van der Waals surface area contributed by atoms with Gasteiger partial charge in [-0.05, 0) is 0 Å². The average Bonchev–Trinajstić information content (AvgIpc) is 1.00. The number of hydrogen-bond donors (Lipinski definition) is 0. The minimum absolute atomic E-state index is 0. The first-order valence-electron chi connectivity index (χ1n) is 0.289. The van der Waals surface area contributed by atoms with Gasteiger partial charge in [-0.3, -0.25) is 0 Å². The van der Waals surface area contributed by atoms with Crippen LogP contribution in [0.4, 0.5) is 0 Å². The molecule has 0 radical (unpaired) electrons. The fraction of sp³-hybridized carbons (Fsp3) is 0. The molecule has 0 heterocycles. The van der Waals surface area contributed by atoms with Crippen molar-refractivity contribution in [1.82, 2.24) is 0 Å². The van der Waals surface area contributed by atoms with Gasteiger partial charge in [-0.2, -0.15) is 0 Å². The van der Waals surface area contributed by atoms with Gasteiger partial charge in [-0.15, -0.1) is 0 Å². The number of hydrogen-bond acceptors (Lipinski definition) is 2. The molecule has 0 rings (SSSR count). The standard InChI is InChI=1S/Cd.H2S.S.H2Se/h;1H2;;1H2. The Balaban J connectivity index is -0.00000000500. The van der Waals surface area contributed by atoms with Crippen LogP contribution in [0, 0.1) is 0 Å². The van der Waals surface area contributed by atoms with Crippen LogP contribution in [0.25, 0.3) is 0 Å². The van der Waals surface area contributed by atoms with Gasteiger partial charge < -0.3 is 13.5 Å². The van der Waals surface area contributed by atoms with Crippen molar-refractivity contribution in [3.63, 3.8) is 0 Å². The summed E-state index contributed by atoms with van der Waals surface area (Å²) in [6, 6.07) is 0. The molecule has 0 aromatic rings. The van der Waals surface area contributed by atoms with E-state index in [1.807, 2.05) is 0 Å². The van der Waals surface area contributed by atoms with Gasteiger partial charge in [0.2, 0.25) is 0 Å². The molecular formula is H4CdS2Se. The van der Waals surface area contributed by atoms with Crippen molar-refractivity contribution >= 4 is 39.2 Å². The van der Waals surface area contributed by atoms with Crippen LogP contribution in [0.1, 0.15) is 0 Å². The maximum atomic E-state index is 4.25. The summed E-state index contributed by atoms with van der Waals surface area (Å²) in [4.78, 5) is 0. The van der Waals surface area contributed by atoms with Gasteiger partial charge in [0, 0.05) is 0 Å². The third kappa shape index (κ3) is 8.99. The molecule has 0 aliphatic heterocycles. The van der Waals surface area contributed by atoms with Crippen LogP contribution in [0.3, 0.4) is 0 Å². The van der Waals surface area contributed by atoms with E-state index in [9.17, 15) is 0 Å². The van der Waals surface area contributed by atoms with Gasteiger partial charge in [0.25, 0.3) is 0 Å². The van der Waals surface area contributed by atoms with Gasteiger partial charge >= 0.3 is 49.4 Å².